The standard InChI is InChI=1S/C28H32ClN3O3S2/c1-17-31-20(16-36-17)15-35-21-11-22-24(37-27(2,3)4)23(12-28(5,6)26(33)34)32(25(22)30-13-21)14-18-7-9-19(29)10-8-18/h7-11,13,16H,12,14-15H2,1-6H3,(H,33,34). The molecule has 37 heavy (non-hydrogen) atoms. The molecule has 0 radical (unpaired) electrons. The van der Waals surface area contributed by atoms with E-state index >= 15 is 0 Å². The van der Waals surface area contributed by atoms with Crippen molar-refractivity contribution in [3.63, 3.8) is 0 Å². The number of fused-ring (bicyclic) bond motifs is 1. The van der Waals surface area contributed by atoms with Crippen LogP contribution in [-0.4, -0.2) is 30.4 Å². The van der Waals surface area contributed by atoms with E-state index in [1.165, 1.54) is 0 Å². The van der Waals surface area contributed by atoms with Crippen LogP contribution >= 0.6 is 34.7 Å². The fraction of sp³-hybridized carbons (Fsp3) is 0.393. The molecule has 0 saturated carbocycles. The molecule has 0 aliphatic rings. The summed E-state index contributed by atoms with van der Waals surface area (Å²) in [6.07, 6.45) is 2.09. The molecule has 0 aliphatic heterocycles. The Morgan fingerprint density at radius 1 is 1.19 bits per heavy atom. The summed E-state index contributed by atoms with van der Waals surface area (Å²) in [5.74, 6) is -0.181. The van der Waals surface area contributed by atoms with Gasteiger partial charge in [-0.1, -0.05) is 44.5 Å². The second kappa shape index (κ2) is 10.7. The van der Waals surface area contributed by atoms with Crippen molar-refractivity contribution in [1.82, 2.24) is 14.5 Å². The van der Waals surface area contributed by atoms with Gasteiger partial charge in [-0.25, -0.2) is 9.97 Å². The summed E-state index contributed by atoms with van der Waals surface area (Å²) in [7, 11) is 0. The number of hydrogen-bond donors (Lipinski definition) is 1. The van der Waals surface area contributed by atoms with E-state index in [0.717, 1.165) is 37.9 Å². The third kappa shape index (κ3) is 6.67. The highest BCUT2D eigenvalue weighted by Crippen LogP contribution is 2.43. The van der Waals surface area contributed by atoms with Crippen molar-refractivity contribution in [3.8, 4) is 5.75 Å². The third-order valence-electron chi connectivity index (χ3n) is 5.83. The smallest absolute Gasteiger partial charge is 0.309 e. The number of rotatable bonds is 9. The Morgan fingerprint density at radius 2 is 1.89 bits per heavy atom. The molecule has 0 amide bonds. The quantitative estimate of drug-likeness (QED) is 0.213. The van der Waals surface area contributed by atoms with Gasteiger partial charge in [0.2, 0.25) is 0 Å². The average Bonchev–Trinajstić information content (AvgIpc) is 3.34. The Morgan fingerprint density at radius 3 is 2.49 bits per heavy atom. The Hall–Kier alpha value is -2.55. The molecular formula is C28H32ClN3O3S2. The summed E-state index contributed by atoms with van der Waals surface area (Å²) in [5.41, 5.74) is 2.74. The van der Waals surface area contributed by atoms with Crippen molar-refractivity contribution in [3.05, 3.63) is 68.9 Å². The second-order valence-electron chi connectivity index (χ2n) is 10.8. The molecule has 4 aromatic rings. The molecule has 4 rings (SSSR count). The van der Waals surface area contributed by atoms with Crippen LogP contribution in [0.2, 0.25) is 5.02 Å². The number of hydrogen-bond acceptors (Lipinski definition) is 6. The number of pyridine rings is 1. The first-order valence-corrected chi connectivity index (χ1v) is 14.1. The molecular weight excluding hydrogens is 526 g/mol. The summed E-state index contributed by atoms with van der Waals surface area (Å²) in [6, 6.07) is 9.74. The molecule has 6 nitrogen and oxygen atoms in total. The van der Waals surface area contributed by atoms with Gasteiger partial charge >= 0.3 is 5.97 Å². The third-order valence-corrected chi connectivity index (χ3v) is 8.18. The first-order valence-electron chi connectivity index (χ1n) is 12.0. The van der Waals surface area contributed by atoms with E-state index in [-0.39, 0.29) is 4.75 Å². The molecule has 0 spiro atoms. The Balaban J connectivity index is 1.85. The number of ether oxygens (including phenoxy) is 1. The number of thiazole rings is 1. The molecule has 3 heterocycles. The van der Waals surface area contributed by atoms with E-state index in [4.69, 9.17) is 21.3 Å². The van der Waals surface area contributed by atoms with Crippen molar-refractivity contribution in [2.75, 3.05) is 0 Å². The van der Waals surface area contributed by atoms with Gasteiger partial charge in [-0.3, -0.25) is 4.79 Å². The Kier molecular flexibility index (Phi) is 7.93. The SMILES string of the molecule is Cc1nc(COc2cnc3c(c2)c(SC(C)(C)C)c(CC(C)(C)C(=O)O)n3Cc2ccc(Cl)cc2)cs1. The van der Waals surface area contributed by atoms with Crippen LogP contribution in [0.4, 0.5) is 0 Å². The van der Waals surface area contributed by atoms with Crippen LogP contribution < -0.4 is 4.74 Å². The van der Waals surface area contributed by atoms with E-state index in [1.807, 2.05) is 42.6 Å². The van der Waals surface area contributed by atoms with Crippen LogP contribution in [0, 0.1) is 12.3 Å². The Labute approximate surface area is 231 Å². The summed E-state index contributed by atoms with van der Waals surface area (Å²) in [5, 5.41) is 14.6. The van der Waals surface area contributed by atoms with Crippen molar-refractivity contribution in [1.29, 1.82) is 0 Å². The van der Waals surface area contributed by atoms with Gasteiger partial charge in [-0.05, 0) is 44.5 Å². The largest absolute Gasteiger partial charge is 0.486 e. The molecule has 0 unspecified atom stereocenters. The second-order valence-corrected chi connectivity index (χ2v) is 14.1. The van der Waals surface area contributed by atoms with E-state index < -0.39 is 11.4 Å². The highest BCUT2D eigenvalue weighted by atomic mass is 35.5. The highest BCUT2D eigenvalue weighted by molar-refractivity contribution is 8.00. The molecule has 1 aromatic carbocycles. The van der Waals surface area contributed by atoms with Crippen LogP contribution in [0.3, 0.4) is 0 Å². The zero-order valence-corrected chi connectivity index (χ0v) is 24.4. The molecule has 0 aliphatic carbocycles. The first-order chi connectivity index (χ1) is 17.3. The molecule has 9 heteroatoms. The zero-order chi connectivity index (χ0) is 27.0. The normalized spacial score (nSPS) is 12.3. The number of benzene rings is 1. The average molecular weight is 558 g/mol. The van der Waals surface area contributed by atoms with Crippen LogP contribution in [0.25, 0.3) is 11.0 Å². The minimum absolute atomic E-state index is 0.101. The van der Waals surface area contributed by atoms with Gasteiger partial charge in [0.15, 0.2) is 0 Å². The van der Waals surface area contributed by atoms with Gasteiger partial charge in [-0.15, -0.1) is 23.1 Å². The molecule has 0 saturated heterocycles. The fourth-order valence-corrected chi connectivity index (χ4v) is 5.87. The van der Waals surface area contributed by atoms with Crippen molar-refractivity contribution in [2.24, 2.45) is 5.41 Å². The van der Waals surface area contributed by atoms with Crippen molar-refractivity contribution >= 4 is 51.7 Å². The molecule has 196 valence electrons. The van der Waals surface area contributed by atoms with Gasteiger partial charge in [-0.2, -0.15) is 0 Å². The summed E-state index contributed by atoms with van der Waals surface area (Å²) < 4.78 is 8.12. The monoisotopic (exact) mass is 557 g/mol. The molecule has 0 atom stereocenters. The van der Waals surface area contributed by atoms with E-state index in [0.29, 0.717) is 30.3 Å². The van der Waals surface area contributed by atoms with Crippen LogP contribution in [0.1, 0.15) is 56.6 Å². The number of carboxylic acid groups (broad SMARTS) is 1. The van der Waals surface area contributed by atoms with Crippen molar-refractivity contribution in [2.45, 2.75) is 70.8 Å². The number of aromatic nitrogens is 3. The minimum atomic E-state index is -0.957. The lowest BCUT2D eigenvalue weighted by Gasteiger charge is -2.24. The van der Waals surface area contributed by atoms with Gasteiger partial charge in [0.05, 0.1) is 22.3 Å². The number of nitrogens with zero attached hydrogens (tertiary/aromatic N) is 3. The number of thioether (sulfide) groups is 1. The predicted octanol–water partition coefficient (Wildman–Crippen LogP) is 7.63. The fourth-order valence-electron chi connectivity index (χ4n) is 3.97. The van der Waals surface area contributed by atoms with Gasteiger partial charge < -0.3 is 14.4 Å². The topological polar surface area (TPSA) is 77.2 Å². The minimum Gasteiger partial charge on any atom is -0.486 e. The highest BCUT2D eigenvalue weighted by Gasteiger charge is 2.33. The van der Waals surface area contributed by atoms with Crippen LogP contribution in [-0.2, 0) is 24.4 Å². The number of halogens is 1. The summed E-state index contributed by atoms with van der Waals surface area (Å²) in [6.45, 7) is 12.9. The van der Waals surface area contributed by atoms with E-state index in [9.17, 15) is 9.90 Å². The van der Waals surface area contributed by atoms with E-state index in [1.54, 1.807) is 43.1 Å². The maximum atomic E-state index is 12.1. The van der Waals surface area contributed by atoms with Crippen molar-refractivity contribution < 1.29 is 14.6 Å². The van der Waals surface area contributed by atoms with Crippen LogP contribution in [0.15, 0.2) is 46.8 Å². The summed E-state index contributed by atoms with van der Waals surface area (Å²) >= 11 is 9.45. The summed E-state index contributed by atoms with van der Waals surface area (Å²) in [4.78, 5) is 22.5. The lowest BCUT2D eigenvalue weighted by Crippen LogP contribution is -2.28. The number of carbonyl (C=O) groups is 1. The van der Waals surface area contributed by atoms with Gasteiger partial charge in [0, 0.05) is 44.1 Å². The Bertz CT molecular complexity index is 1420. The molecule has 0 fully saturated rings. The number of carboxylic acids is 1. The molecule has 0 bridgehead atoms. The number of aryl methyl sites for hydroxylation is 1. The molecule has 3 aromatic heterocycles. The van der Waals surface area contributed by atoms with E-state index in [2.05, 4.69) is 30.3 Å². The number of aliphatic carboxylic acids is 1. The lowest BCUT2D eigenvalue weighted by molar-refractivity contribution is -0.146. The maximum Gasteiger partial charge on any atom is 0.309 e. The maximum absolute atomic E-state index is 12.1. The first kappa shape index (κ1) is 27.5. The predicted molar refractivity (Wildman–Crippen MR) is 152 cm³/mol. The zero-order valence-electron chi connectivity index (χ0n) is 22.0. The lowest BCUT2D eigenvalue weighted by atomic mass is 9.88. The van der Waals surface area contributed by atoms with Gasteiger partial charge in [0.25, 0.3) is 0 Å². The molecule has 1 N–H and O–H groups in total. The van der Waals surface area contributed by atoms with Gasteiger partial charge in [0.1, 0.15) is 18.0 Å². The van der Waals surface area contributed by atoms with Crippen LogP contribution in [0.5, 0.6) is 5.75 Å².